The number of carboxylic acid groups (broad SMARTS) is 1. The number of aliphatic carboxylic acids is 1. The number of morpholine rings is 1. The lowest BCUT2D eigenvalue weighted by Crippen LogP contribution is -2.43. The van der Waals surface area contributed by atoms with Crippen LogP contribution in [0.1, 0.15) is 12.8 Å². The molecule has 1 aliphatic heterocycles. The lowest BCUT2D eigenvalue weighted by atomic mass is 10.3. The van der Waals surface area contributed by atoms with Crippen molar-refractivity contribution < 1.29 is 24.2 Å². The quantitative estimate of drug-likeness (QED) is 0.676. The van der Waals surface area contributed by atoms with Crippen LogP contribution < -0.4 is 5.32 Å². The average molecular weight is 287 g/mol. The number of rotatable bonds is 6. The number of nitrogens with zero attached hydrogens (tertiary/aromatic N) is 2. The highest BCUT2D eigenvalue weighted by Gasteiger charge is 2.17. The molecule has 0 aromatic carbocycles. The van der Waals surface area contributed by atoms with Gasteiger partial charge in [-0.15, -0.1) is 0 Å². The first-order valence-corrected chi connectivity index (χ1v) is 6.57. The summed E-state index contributed by atoms with van der Waals surface area (Å²) < 4.78 is 5.15. The van der Waals surface area contributed by atoms with E-state index in [2.05, 4.69) is 5.32 Å². The molecule has 0 aromatic rings. The molecule has 114 valence electrons. The Balaban J connectivity index is 2.17. The van der Waals surface area contributed by atoms with Crippen LogP contribution in [0.5, 0.6) is 0 Å². The van der Waals surface area contributed by atoms with Gasteiger partial charge in [-0.25, -0.2) is 4.79 Å². The Bertz CT molecular complexity index is 355. The number of ether oxygens (including phenoxy) is 1. The fraction of sp³-hybridized carbons (Fsp3) is 0.750. The molecule has 1 rings (SSSR count). The van der Waals surface area contributed by atoms with Crippen molar-refractivity contribution in [3.05, 3.63) is 0 Å². The van der Waals surface area contributed by atoms with Crippen LogP contribution in [0, 0.1) is 0 Å². The first kappa shape index (κ1) is 16.2. The number of hydrogen-bond donors (Lipinski definition) is 2. The molecule has 0 bridgehead atoms. The molecular formula is C12H21N3O5. The van der Waals surface area contributed by atoms with Crippen molar-refractivity contribution in [2.45, 2.75) is 12.8 Å². The molecule has 0 saturated carbocycles. The van der Waals surface area contributed by atoms with Gasteiger partial charge in [0.15, 0.2) is 0 Å². The Morgan fingerprint density at radius 3 is 2.50 bits per heavy atom. The fourth-order valence-corrected chi connectivity index (χ4v) is 1.75. The van der Waals surface area contributed by atoms with E-state index in [0.717, 1.165) is 0 Å². The van der Waals surface area contributed by atoms with E-state index in [1.165, 1.54) is 11.9 Å². The molecule has 1 heterocycles. The van der Waals surface area contributed by atoms with Gasteiger partial charge < -0.3 is 25.0 Å². The van der Waals surface area contributed by atoms with E-state index in [1.807, 2.05) is 0 Å². The zero-order chi connectivity index (χ0) is 15.0. The summed E-state index contributed by atoms with van der Waals surface area (Å²) in [6, 6.07) is -0.374. The number of hydrogen-bond acceptors (Lipinski definition) is 4. The average Bonchev–Trinajstić information content (AvgIpc) is 2.45. The van der Waals surface area contributed by atoms with Crippen LogP contribution in [-0.2, 0) is 14.3 Å². The van der Waals surface area contributed by atoms with E-state index < -0.39 is 5.97 Å². The third-order valence-electron chi connectivity index (χ3n) is 2.99. The van der Waals surface area contributed by atoms with Crippen molar-refractivity contribution >= 4 is 17.9 Å². The summed E-state index contributed by atoms with van der Waals surface area (Å²) in [5, 5.41) is 11.1. The van der Waals surface area contributed by atoms with Gasteiger partial charge in [0.05, 0.1) is 19.6 Å². The molecule has 0 radical (unpaired) electrons. The smallest absolute Gasteiger partial charge is 0.317 e. The van der Waals surface area contributed by atoms with Crippen LogP contribution in [-0.4, -0.2) is 79.3 Å². The second-order valence-electron chi connectivity index (χ2n) is 4.54. The van der Waals surface area contributed by atoms with Crippen molar-refractivity contribution in [2.24, 2.45) is 0 Å². The fourth-order valence-electron chi connectivity index (χ4n) is 1.75. The predicted octanol–water partition coefficient (Wildman–Crippen LogP) is -0.649. The lowest BCUT2D eigenvalue weighted by molar-refractivity contribution is -0.137. The molecule has 2 N–H and O–H groups in total. The summed E-state index contributed by atoms with van der Waals surface area (Å²) in [7, 11) is 1.52. The molecule has 0 aliphatic carbocycles. The van der Waals surface area contributed by atoms with Gasteiger partial charge in [0.25, 0.3) is 0 Å². The number of carbonyl (C=O) groups is 3. The number of amides is 3. The molecule has 1 aliphatic rings. The zero-order valence-electron chi connectivity index (χ0n) is 11.6. The maximum Gasteiger partial charge on any atom is 0.317 e. The summed E-state index contributed by atoms with van der Waals surface area (Å²) >= 11 is 0. The molecule has 1 fully saturated rings. The van der Waals surface area contributed by atoms with E-state index in [4.69, 9.17) is 9.84 Å². The second-order valence-corrected chi connectivity index (χ2v) is 4.54. The standard InChI is InChI=1S/C12H21N3O5/c1-14(5-3-11(17)18)12(19)13-4-2-10(16)15-6-8-20-9-7-15/h2-9H2,1H3,(H,13,19)(H,17,18). The minimum Gasteiger partial charge on any atom is -0.481 e. The molecule has 8 nitrogen and oxygen atoms in total. The van der Waals surface area contributed by atoms with Crippen molar-refractivity contribution in [1.29, 1.82) is 0 Å². The number of carboxylic acids is 1. The molecule has 0 spiro atoms. The Hall–Kier alpha value is -1.83. The van der Waals surface area contributed by atoms with Gasteiger partial charge in [0, 0.05) is 39.6 Å². The highest BCUT2D eigenvalue weighted by Crippen LogP contribution is 1.99. The van der Waals surface area contributed by atoms with Crippen LogP contribution in [0.25, 0.3) is 0 Å². The van der Waals surface area contributed by atoms with Gasteiger partial charge in [0.2, 0.25) is 5.91 Å². The SMILES string of the molecule is CN(CCC(=O)O)C(=O)NCCC(=O)N1CCOCC1. The van der Waals surface area contributed by atoms with E-state index in [0.29, 0.717) is 26.3 Å². The molecule has 0 atom stereocenters. The summed E-state index contributed by atoms with van der Waals surface area (Å²) in [5.41, 5.74) is 0. The van der Waals surface area contributed by atoms with Crippen LogP contribution in [0.15, 0.2) is 0 Å². The van der Waals surface area contributed by atoms with E-state index in [1.54, 1.807) is 4.90 Å². The summed E-state index contributed by atoms with van der Waals surface area (Å²) in [5.74, 6) is -0.964. The number of carbonyl (C=O) groups excluding carboxylic acids is 2. The minimum absolute atomic E-state index is 0.0122. The van der Waals surface area contributed by atoms with E-state index >= 15 is 0 Å². The predicted molar refractivity (Wildman–Crippen MR) is 70.3 cm³/mol. The zero-order valence-corrected chi connectivity index (χ0v) is 11.6. The monoisotopic (exact) mass is 287 g/mol. The molecular weight excluding hydrogens is 266 g/mol. The topological polar surface area (TPSA) is 99.2 Å². The molecule has 0 aromatic heterocycles. The molecule has 20 heavy (non-hydrogen) atoms. The molecule has 8 heteroatoms. The normalized spacial score (nSPS) is 14.8. The van der Waals surface area contributed by atoms with E-state index in [9.17, 15) is 14.4 Å². The first-order valence-electron chi connectivity index (χ1n) is 6.57. The Morgan fingerprint density at radius 2 is 1.90 bits per heavy atom. The molecule has 3 amide bonds. The number of urea groups is 1. The van der Waals surface area contributed by atoms with Gasteiger partial charge >= 0.3 is 12.0 Å². The summed E-state index contributed by atoms with van der Waals surface area (Å²) in [6.07, 6.45) is 0.134. The second kappa shape index (κ2) is 8.36. The van der Waals surface area contributed by atoms with Crippen molar-refractivity contribution in [1.82, 2.24) is 15.1 Å². The maximum atomic E-state index is 11.8. The largest absolute Gasteiger partial charge is 0.481 e. The van der Waals surface area contributed by atoms with Crippen LogP contribution in [0.4, 0.5) is 4.79 Å². The van der Waals surface area contributed by atoms with Gasteiger partial charge in [-0.3, -0.25) is 9.59 Å². The summed E-state index contributed by atoms with van der Waals surface area (Å²) in [6.45, 7) is 2.66. The van der Waals surface area contributed by atoms with Gasteiger partial charge in [-0.05, 0) is 0 Å². The first-order chi connectivity index (χ1) is 9.50. The van der Waals surface area contributed by atoms with E-state index in [-0.39, 0.29) is 37.9 Å². The molecule has 1 saturated heterocycles. The van der Waals surface area contributed by atoms with Crippen molar-refractivity contribution in [2.75, 3.05) is 46.4 Å². The highest BCUT2D eigenvalue weighted by molar-refractivity contribution is 5.78. The number of nitrogens with one attached hydrogen (secondary N) is 1. The van der Waals surface area contributed by atoms with Crippen LogP contribution in [0.3, 0.4) is 0 Å². The summed E-state index contributed by atoms with van der Waals surface area (Å²) in [4.78, 5) is 36.8. The van der Waals surface area contributed by atoms with Gasteiger partial charge in [0.1, 0.15) is 0 Å². The van der Waals surface area contributed by atoms with Crippen LogP contribution >= 0.6 is 0 Å². The lowest BCUT2D eigenvalue weighted by Gasteiger charge is -2.27. The van der Waals surface area contributed by atoms with Gasteiger partial charge in [-0.1, -0.05) is 0 Å². The highest BCUT2D eigenvalue weighted by atomic mass is 16.5. The molecule has 0 unspecified atom stereocenters. The Kier molecular flexibility index (Phi) is 6.78. The third kappa shape index (κ3) is 5.87. The Morgan fingerprint density at radius 1 is 1.25 bits per heavy atom. The van der Waals surface area contributed by atoms with Gasteiger partial charge in [-0.2, -0.15) is 0 Å². The third-order valence-corrected chi connectivity index (χ3v) is 2.99. The van der Waals surface area contributed by atoms with Crippen molar-refractivity contribution in [3.8, 4) is 0 Å². The van der Waals surface area contributed by atoms with Crippen LogP contribution in [0.2, 0.25) is 0 Å². The minimum atomic E-state index is -0.952. The Labute approximate surface area is 117 Å². The maximum absolute atomic E-state index is 11.8. The van der Waals surface area contributed by atoms with Crippen molar-refractivity contribution in [3.63, 3.8) is 0 Å².